The van der Waals surface area contributed by atoms with E-state index in [1.54, 1.807) is 18.2 Å². The molecule has 86 valence electrons. The molecule has 2 aliphatic heterocycles. The summed E-state index contributed by atoms with van der Waals surface area (Å²) in [7, 11) is 0. The molecule has 0 atom stereocenters. The van der Waals surface area contributed by atoms with E-state index in [1.165, 1.54) is 0 Å². The van der Waals surface area contributed by atoms with Crippen LogP contribution in [-0.4, -0.2) is 18.7 Å². The number of hydrogen-bond acceptors (Lipinski definition) is 5. The summed E-state index contributed by atoms with van der Waals surface area (Å²) in [4.78, 5) is 15.3. The van der Waals surface area contributed by atoms with Gasteiger partial charge >= 0.3 is 0 Å². The number of benzene rings is 1. The number of ether oxygens (including phenoxy) is 2. The number of nitrogens with zero attached hydrogens (tertiary/aromatic N) is 1. The predicted octanol–water partition coefficient (Wildman–Crippen LogP) is 0.201. The Morgan fingerprint density at radius 3 is 2.94 bits per heavy atom. The second-order valence-corrected chi connectivity index (χ2v) is 3.59. The summed E-state index contributed by atoms with van der Waals surface area (Å²) < 4.78 is 10.4. The quantitative estimate of drug-likeness (QED) is 0.676. The summed E-state index contributed by atoms with van der Waals surface area (Å²) in [6.07, 6.45) is 1.64. The van der Waals surface area contributed by atoms with Crippen molar-refractivity contribution in [3.8, 4) is 11.5 Å². The van der Waals surface area contributed by atoms with E-state index in [9.17, 15) is 4.79 Å². The van der Waals surface area contributed by atoms with E-state index in [2.05, 4.69) is 10.3 Å². The molecule has 1 aromatic carbocycles. The number of aliphatic imine (C=N–C) groups is 1. The van der Waals surface area contributed by atoms with Gasteiger partial charge in [0.25, 0.3) is 5.91 Å². The van der Waals surface area contributed by atoms with E-state index >= 15 is 0 Å². The average molecular weight is 231 g/mol. The van der Waals surface area contributed by atoms with Gasteiger partial charge in [-0.1, -0.05) is 6.07 Å². The molecule has 0 aliphatic carbocycles. The van der Waals surface area contributed by atoms with Gasteiger partial charge in [0.1, 0.15) is 5.70 Å². The maximum atomic E-state index is 11.4. The molecule has 3 N–H and O–H groups in total. The molecule has 0 spiro atoms. The van der Waals surface area contributed by atoms with Crippen molar-refractivity contribution in [2.45, 2.75) is 0 Å². The monoisotopic (exact) mass is 231 g/mol. The minimum Gasteiger partial charge on any atom is -0.454 e. The van der Waals surface area contributed by atoms with Gasteiger partial charge in [0.15, 0.2) is 11.5 Å². The molecule has 1 aromatic rings. The fourth-order valence-electron chi connectivity index (χ4n) is 1.65. The lowest BCUT2D eigenvalue weighted by Crippen LogP contribution is -2.30. The first-order valence-corrected chi connectivity index (χ1v) is 4.99. The van der Waals surface area contributed by atoms with Crippen LogP contribution in [0.3, 0.4) is 0 Å². The summed E-state index contributed by atoms with van der Waals surface area (Å²) in [6.45, 7) is 0.223. The number of carbonyl (C=O) groups is 1. The summed E-state index contributed by atoms with van der Waals surface area (Å²) >= 11 is 0. The van der Waals surface area contributed by atoms with Gasteiger partial charge in [0.2, 0.25) is 12.8 Å². The van der Waals surface area contributed by atoms with Gasteiger partial charge in [0, 0.05) is 0 Å². The fraction of sp³-hybridized carbons (Fsp3) is 0.0909. The smallest absolute Gasteiger partial charge is 0.276 e. The number of nitrogens with one attached hydrogen (secondary N) is 1. The van der Waals surface area contributed by atoms with Crippen LogP contribution in [0.2, 0.25) is 0 Å². The second kappa shape index (κ2) is 3.51. The van der Waals surface area contributed by atoms with Crippen molar-refractivity contribution in [1.82, 2.24) is 5.32 Å². The Morgan fingerprint density at radius 2 is 2.18 bits per heavy atom. The van der Waals surface area contributed by atoms with Crippen LogP contribution in [0.15, 0.2) is 28.9 Å². The maximum absolute atomic E-state index is 11.4. The zero-order chi connectivity index (χ0) is 11.8. The number of rotatable bonds is 1. The highest BCUT2D eigenvalue weighted by atomic mass is 16.7. The molecule has 0 radical (unpaired) electrons. The SMILES string of the molecule is NC1=N/C(=C\c2ccc3c(c2)OCO3)C(=O)N1. The molecule has 0 aromatic heterocycles. The molecular weight excluding hydrogens is 222 g/mol. The molecule has 2 heterocycles. The zero-order valence-electron chi connectivity index (χ0n) is 8.77. The van der Waals surface area contributed by atoms with Crippen LogP contribution >= 0.6 is 0 Å². The summed E-state index contributed by atoms with van der Waals surface area (Å²) in [5.41, 5.74) is 6.47. The Labute approximate surface area is 96.7 Å². The topological polar surface area (TPSA) is 85.9 Å². The fourth-order valence-corrected chi connectivity index (χ4v) is 1.65. The minimum absolute atomic E-state index is 0.113. The largest absolute Gasteiger partial charge is 0.454 e. The van der Waals surface area contributed by atoms with Gasteiger partial charge in [-0.05, 0) is 23.8 Å². The third-order valence-corrected chi connectivity index (χ3v) is 2.42. The highest BCUT2D eigenvalue weighted by Crippen LogP contribution is 2.33. The zero-order valence-corrected chi connectivity index (χ0v) is 8.77. The molecule has 0 fully saturated rings. The Kier molecular flexibility index (Phi) is 2.01. The number of carbonyl (C=O) groups excluding carboxylic acids is 1. The van der Waals surface area contributed by atoms with E-state index in [0.717, 1.165) is 5.56 Å². The van der Waals surface area contributed by atoms with Crippen molar-refractivity contribution in [3.63, 3.8) is 0 Å². The molecule has 17 heavy (non-hydrogen) atoms. The van der Waals surface area contributed by atoms with Crippen LogP contribution in [0.25, 0.3) is 6.08 Å². The van der Waals surface area contributed by atoms with Crippen LogP contribution in [0.1, 0.15) is 5.56 Å². The van der Waals surface area contributed by atoms with Crippen LogP contribution in [0.5, 0.6) is 11.5 Å². The Hall–Kier alpha value is -2.50. The van der Waals surface area contributed by atoms with Gasteiger partial charge in [-0.25, -0.2) is 4.99 Å². The molecular formula is C11H9N3O3. The molecule has 1 amide bonds. The van der Waals surface area contributed by atoms with Crippen LogP contribution in [0.4, 0.5) is 0 Å². The maximum Gasteiger partial charge on any atom is 0.276 e. The van der Waals surface area contributed by atoms with E-state index in [4.69, 9.17) is 15.2 Å². The molecule has 0 saturated heterocycles. The standard InChI is InChI=1S/C11H9N3O3/c12-11-13-7(10(15)14-11)3-6-1-2-8-9(4-6)17-5-16-8/h1-4H,5H2,(H3,12,13,14,15)/b7-3-. The van der Waals surface area contributed by atoms with Crippen LogP contribution < -0.4 is 20.5 Å². The summed E-state index contributed by atoms with van der Waals surface area (Å²) in [5.74, 6) is 1.17. The van der Waals surface area contributed by atoms with Crippen molar-refractivity contribution >= 4 is 17.9 Å². The van der Waals surface area contributed by atoms with E-state index in [0.29, 0.717) is 11.5 Å². The van der Waals surface area contributed by atoms with Crippen molar-refractivity contribution in [2.24, 2.45) is 10.7 Å². The number of amides is 1. The van der Waals surface area contributed by atoms with Crippen molar-refractivity contribution in [2.75, 3.05) is 6.79 Å². The number of guanidine groups is 1. The van der Waals surface area contributed by atoms with E-state index in [1.807, 2.05) is 6.07 Å². The third kappa shape index (κ3) is 1.69. The van der Waals surface area contributed by atoms with Crippen molar-refractivity contribution in [3.05, 3.63) is 29.5 Å². The van der Waals surface area contributed by atoms with Gasteiger partial charge < -0.3 is 15.2 Å². The Morgan fingerprint density at radius 1 is 1.35 bits per heavy atom. The number of fused-ring (bicyclic) bond motifs is 1. The molecule has 6 heteroatoms. The Bertz CT molecular complexity index is 563. The number of nitrogens with two attached hydrogens (primary N) is 1. The first kappa shape index (κ1) is 9.71. The Balaban J connectivity index is 1.96. The lowest BCUT2D eigenvalue weighted by Gasteiger charge is -1.98. The third-order valence-electron chi connectivity index (χ3n) is 2.42. The van der Waals surface area contributed by atoms with Crippen molar-refractivity contribution < 1.29 is 14.3 Å². The van der Waals surface area contributed by atoms with Crippen LogP contribution in [0, 0.1) is 0 Å². The molecule has 0 unspecified atom stereocenters. The van der Waals surface area contributed by atoms with Gasteiger partial charge in [-0.2, -0.15) is 0 Å². The van der Waals surface area contributed by atoms with Crippen LogP contribution in [-0.2, 0) is 4.79 Å². The predicted molar refractivity (Wildman–Crippen MR) is 60.3 cm³/mol. The van der Waals surface area contributed by atoms with Gasteiger partial charge in [-0.15, -0.1) is 0 Å². The molecule has 0 saturated carbocycles. The summed E-state index contributed by atoms with van der Waals surface area (Å²) in [5, 5.41) is 2.40. The molecule has 2 aliphatic rings. The molecule has 0 bridgehead atoms. The first-order chi connectivity index (χ1) is 8.22. The molecule has 3 rings (SSSR count). The second-order valence-electron chi connectivity index (χ2n) is 3.59. The first-order valence-electron chi connectivity index (χ1n) is 4.99. The highest BCUT2D eigenvalue weighted by molar-refractivity contribution is 6.13. The van der Waals surface area contributed by atoms with Gasteiger partial charge in [0.05, 0.1) is 0 Å². The normalized spacial score (nSPS) is 19.4. The lowest BCUT2D eigenvalue weighted by molar-refractivity contribution is -0.115. The van der Waals surface area contributed by atoms with E-state index in [-0.39, 0.29) is 24.4 Å². The van der Waals surface area contributed by atoms with Gasteiger partial charge in [-0.3, -0.25) is 10.1 Å². The van der Waals surface area contributed by atoms with Crippen molar-refractivity contribution in [1.29, 1.82) is 0 Å². The van der Waals surface area contributed by atoms with E-state index < -0.39 is 0 Å². The summed E-state index contributed by atoms with van der Waals surface area (Å²) in [6, 6.07) is 5.39. The highest BCUT2D eigenvalue weighted by Gasteiger charge is 2.18. The molecule has 6 nitrogen and oxygen atoms in total. The lowest BCUT2D eigenvalue weighted by atomic mass is 10.1. The number of hydrogen-bond donors (Lipinski definition) is 2. The average Bonchev–Trinajstić information content (AvgIpc) is 2.85. The minimum atomic E-state index is -0.305.